The van der Waals surface area contributed by atoms with Crippen molar-refractivity contribution >= 4 is 24.0 Å². The van der Waals surface area contributed by atoms with Crippen LogP contribution in [0.25, 0.3) is 0 Å². The lowest BCUT2D eigenvalue weighted by molar-refractivity contribution is -0.137. The third kappa shape index (κ3) is 2.84. The number of anilines is 1. The van der Waals surface area contributed by atoms with Crippen molar-refractivity contribution in [1.82, 2.24) is 9.97 Å². The van der Waals surface area contributed by atoms with E-state index in [1.54, 1.807) is 6.92 Å². The lowest BCUT2D eigenvalue weighted by Crippen LogP contribution is -2.20. The molecule has 0 saturated carbocycles. The minimum Gasteiger partial charge on any atom is -0.460 e. The van der Waals surface area contributed by atoms with Gasteiger partial charge >= 0.3 is 11.8 Å². The van der Waals surface area contributed by atoms with E-state index < -0.39 is 11.8 Å². The largest absolute Gasteiger partial charge is 0.460 e. The van der Waals surface area contributed by atoms with E-state index in [0.29, 0.717) is 6.41 Å². The zero-order valence-electron chi connectivity index (χ0n) is 8.47. The number of Topliss-reactive ketones (excluding diaryl/α,β-unsaturated/α-hetero) is 1. The van der Waals surface area contributed by atoms with Crippen molar-refractivity contribution in [2.24, 2.45) is 0 Å². The van der Waals surface area contributed by atoms with Crippen molar-refractivity contribution in [1.29, 1.82) is 0 Å². The average Bonchev–Trinajstić information content (AvgIpc) is 2.29. The molecule has 0 aliphatic carbocycles. The Kier molecular flexibility index (Phi) is 4.07. The van der Waals surface area contributed by atoms with Crippen molar-refractivity contribution in [3.05, 3.63) is 18.1 Å². The standard InChI is InChI=1S/C9H9N3O4/c1-2-16-9(15)7(14)8-10-4-3-6(12-8)11-5-13/h3-5H,2H2,1H3,(H,10,11,12,13). The highest BCUT2D eigenvalue weighted by Gasteiger charge is 2.20. The van der Waals surface area contributed by atoms with Gasteiger partial charge in [-0.25, -0.2) is 14.8 Å². The maximum atomic E-state index is 11.4. The van der Waals surface area contributed by atoms with Crippen LogP contribution in [0.4, 0.5) is 5.82 Å². The molecule has 7 heteroatoms. The summed E-state index contributed by atoms with van der Waals surface area (Å²) in [7, 11) is 0. The molecule has 0 fully saturated rings. The lowest BCUT2D eigenvalue weighted by Gasteiger charge is -2.01. The molecule has 1 amide bonds. The van der Waals surface area contributed by atoms with E-state index >= 15 is 0 Å². The number of esters is 1. The second-order valence-electron chi connectivity index (χ2n) is 2.58. The molecular formula is C9H9N3O4. The number of ketones is 1. The zero-order valence-corrected chi connectivity index (χ0v) is 8.47. The van der Waals surface area contributed by atoms with Gasteiger partial charge in [0, 0.05) is 6.20 Å². The Morgan fingerprint density at radius 3 is 2.94 bits per heavy atom. The van der Waals surface area contributed by atoms with Gasteiger partial charge in [0.25, 0.3) is 0 Å². The Bertz CT molecular complexity index is 419. The lowest BCUT2D eigenvalue weighted by atomic mass is 10.3. The summed E-state index contributed by atoms with van der Waals surface area (Å²) in [6.45, 7) is 1.67. The van der Waals surface area contributed by atoms with Crippen LogP contribution in [0.15, 0.2) is 12.3 Å². The normalized spacial score (nSPS) is 9.31. The summed E-state index contributed by atoms with van der Waals surface area (Å²) < 4.78 is 4.50. The number of carbonyl (C=O) groups is 3. The SMILES string of the molecule is CCOC(=O)C(=O)c1nccc(NC=O)n1. The van der Waals surface area contributed by atoms with Crippen LogP contribution in [-0.2, 0) is 14.3 Å². The van der Waals surface area contributed by atoms with E-state index in [4.69, 9.17) is 0 Å². The number of rotatable bonds is 5. The Morgan fingerprint density at radius 1 is 1.56 bits per heavy atom. The van der Waals surface area contributed by atoms with Crippen molar-refractivity contribution in [2.75, 3.05) is 11.9 Å². The van der Waals surface area contributed by atoms with Crippen molar-refractivity contribution in [2.45, 2.75) is 6.92 Å². The van der Waals surface area contributed by atoms with Crippen LogP contribution < -0.4 is 5.32 Å². The number of amides is 1. The van der Waals surface area contributed by atoms with Gasteiger partial charge in [-0.15, -0.1) is 0 Å². The van der Waals surface area contributed by atoms with Crippen LogP contribution in [0.5, 0.6) is 0 Å². The van der Waals surface area contributed by atoms with Gasteiger partial charge in [-0.3, -0.25) is 9.59 Å². The number of carbonyl (C=O) groups excluding carboxylic acids is 3. The second kappa shape index (κ2) is 5.54. The quantitative estimate of drug-likeness (QED) is 0.321. The summed E-state index contributed by atoms with van der Waals surface area (Å²) in [4.78, 5) is 39.9. The van der Waals surface area contributed by atoms with Gasteiger partial charge in [0.1, 0.15) is 5.82 Å². The van der Waals surface area contributed by atoms with E-state index in [1.807, 2.05) is 0 Å². The van der Waals surface area contributed by atoms with E-state index in [2.05, 4.69) is 20.0 Å². The third-order valence-corrected chi connectivity index (χ3v) is 1.53. The summed E-state index contributed by atoms with van der Waals surface area (Å²) in [5.74, 6) is -2.15. The van der Waals surface area contributed by atoms with E-state index in [9.17, 15) is 14.4 Å². The first kappa shape index (κ1) is 11.8. The molecule has 1 rings (SSSR count). The van der Waals surface area contributed by atoms with Gasteiger partial charge in [-0.1, -0.05) is 0 Å². The summed E-state index contributed by atoms with van der Waals surface area (Å²) >= 11 is 0. The van der Waals surface area contributed by atoms with Crippen LogP contribution >= 0.6 is 0 Å². The monoisotopic (exact) mass is 223 g/mol. The van der Waals surface area contributed by atoms with Crippen LogP contribution in [0.3, 0.4) is 0 Å². The van der Waals surface area contributed by atoms with E-state index in [0.717, 1.165) is 0 Å². The molecule has 0 bridgehead atoms. The molecule has 16 heavy (non-hydrogen) atoms. The van der Waals surface area contributed by atoms with Gasteiger partial charge in [-0.05, 0) is 13.0 Å². The van der Waals surface area contributed by atoms with Crippen molar-refractivity contribution < 1.29 is 19.1 Å². The Labute approximate surface area is 90.8 Å². The first-order valence-electron chi connectivity index (χ1n) is 4.43. The summed E-state index contributed by atoms with van der Waals surface area (Å²) in [5.41, 5.74) is 0. The molecule has 1 N–H and O–H groups in total. The molecule has 0 aromatic carbocycles. The fourth-order valence-electron chi connectivity index (χ4n) is 0.897. The summed E-state index contributed by atoms with van der Waals surface area (Å²) in [6.07, 6.45) is 1.66. The molecule has 0 spiro atoms. The van der Waals surface area contributed by atoms with Crippen molar-refractivity contribution in [3.63, 3.8) is 0 Å². The summed E-state index contributed by atoms with van der Waals surface area (Å²) in [6, 6.07) is 1.39. The highest BCUT2D eigenvalue weighted by Crippen LogP contribution is 2.02. The van der Waals surface area contributed by atoms with Gasteiger partial charge in [0.2, 0.25) is 12.2 Å². The van der Waals surface area contributed by atoms with Crippen LogP contribution in [-0.4, -0.2) is 34.7 Å². The number of aromatic nitrogens is 2. The number of ether oxygens (including phenoxy) is 1. The fourth-order valence-corrected chi connectivity index (χ4v) is 0.897. The molecule has 0 radical (unpaired) electrons. The molecule has 0 saturated heterocycles. The molecule has 1 aromatic heterocycles. The molecular weight excluding hydrogens is 214 g/mol. The first-order chi connectivity index (χ1) is 7.69. The molecule has 0 atom stereocenters. The highest BCUT2D eigenvalue weighted by molar-refractivity contribution is 6.39. The van der Waals surface area contributed by atoms with Gasteiger partial charge < -0.3 is 10.1 Å². The second-order valence-corrected chi connectivity index (χ2v) is 2.58. The number of nitrogens with zero attached hydrogens (tertiary/aromatic N) is 2. The smallest absolute Gasteiger partial charge is 0.383 e. The average molecular weight is 223 g/mol. The van der Waals surface area contributed by atoms with Crippen LogP contribution in [0.1, 0.15) is 17.5 Å². The topological polar surface area (TPSA) is 98.3 Å². The number of hydrogen-bond donors (Lipinski definition) is 1. The van der Waals surface area contributed by atoms with E-state index in [1.165, 1.54) is 12.3 Å². The minimum atomic E-state index is -1.02. The first-order valence-corrected chi connectivity index (χ1v) is 4.43. The highest BCUT2D eigenvalue weighted by atomic mass is 16.5. The number of nitrogens with one attached hydrogen (secondary N) is 1. The summed E-state index contributed by atoms with van der Waals surface area (Å²) in [5, 5.41) is 2.24. The van der Waals surface area contributed by atoms with Gasteiger partial charge in [-0.2, -0.15) is 0 Å². The predicted molar refractivity (Wildman–Crippen MR) is 52.7 cm³/mol. The van der Waals surface area contributed by atoms with Crippen LogP contribution in [0.2, 0.25) is 0 Å². The fraction of sp³-hybridized carbons (Fsp3) is 0.222. The maximum absolute atomic E-state index is 11.4. The predicted octanol–water partition coefficient (Wildman–Crippen LogP) is -0.209. The molecule has 1 aromatic rings. The molecule has 1 heterocycles. The Hall–Kier alpha value is -2.31. The zero-order chi connectivity index (χ0) is 12.0. The van der Waals surface area contributed by atoms with Crippen LogP contribution in [0, 0.1) is 0 Å². The van der Waals surface area contributed by atoms with E-state index in [-0.39, 0.29) is 18.2 Å². The molecule has 0 aliphatic heterocycles. The minimum absolute atomic E-state index is 0.0941. The Balaban J connectivity index is 2.86. The number of hydrogen-bond acceptors (Lipinski definition) is 6. The van der Waals surface area contributed by atoms with Gasteiger partial charge in [0.15, 0.2) is 0 Å². The molecule has 0 unspecified atom stereocenters. The molecule has 84 valence electrons. The molecule has 7 nitrogen and oxygen atoms in total. The maximum Gasteiger partial charge on any atom is 0.383 e. The van der Waals surface area contributed by atoms with Gasteiger partial charge in [0.05, 0.1) is 6.61 Å². The Morgan fingerprint density at radius 2 is 2.31 bits per heavy atom. The third-order valence-electron chi connectivity index (χ3n) is 1.53. The van der Waals surface area contributed by atoms with Crippen molar-refractivity contribution in [3.8, 4) is 0 Å². The molecule has 0 aliphatic rings.